The summed E-state index contributed by atoms with van der Waals surface area (Å²) in [5, 5.41) is 11.6. The number of anilines is 8. The van der Waals surface area contributed by atoms with E-state index in [1.165, 1.54) is 11.0 Å². The lowest BCUT2D eigenvalue weighted by molar-refractivity contribution is -0.111. The Morgan fingerprint density at radius 3 is 1.48 bits per heavy atom. The monoisotopic (exact) mass is 1220 g/mol. The van der Waals surface area contributed by atoms with E-state index in [-0.39, 0.29) is 13.4 Å². The summed E-state index contributed by atoms with van der Waals surface area (Å²) < 4.78 is 26.4. The number of carbonyl (C=O) groups excluding carboxylic acids is 3. The molecule has 85 heavy (non-hydrogen) atoms. The topological polar surface area (TPSA) is 225 Å². The van der Waals surface area contributed by atoms with Gasteiger partial charge in [-0.2, -0.15) is 0 Å². The summed E-state index contributed by atoms with van der Waals surface area (Å²) >= 11 is 8.25. The van der Waals surface area contributed by atoms with Gasteiger partial charge in [-0.15, -0.1) is 0 Å². The van der Waals surface area contributed by atoms with Gasteiger partial charge in [0.1, 0.15) is 22.7 Å². The van der Waals surface area contributed by atoms with Crippen molar-refractivity contribution >= 4 is 117 Å². The van der Waals surface area contributed by atoms with E-state index in [9.17, 15) is 14.4 Å². The predicted octanol–water partition coefficient (Wildman–Crippen LogP) is 11.3. The molecule has 4 heterocycles. The zero-order valence-corrected chi connectivity index (χ0v) is 53.1. The van der Waals surface area contributed by atoms with Crippen LogP contribution in [0.25, 0.3) is 44.3 Å². The Morgan fingerprint density at radius 1 is 0.647 bits per heavy atom. The largest absolute Gasteiger partial charge is 0.494 e. The van der Waals surface area contributed by atoms with Crippen molar-refractivity contribution in [1.29, 1.82) is 0 Å². The lowest BCUT2D eigenvalue weighted by Gasteiger charge is -2.28. The summed E-state index contributed by atoms with van der Waals surface area (Å²) in [7, 11) is 15.3. The van der Waals surface area contributed by atoms with Gasteiger partial charge < -0.3 is 69.4 Å². The first-order valence-corrected chi connectivity index (χ1v) is 29.6. The van der Waals surface area contributed by atoms with Gasteiger partial charge in [0.25, 0.3) is 0 Å². The number of ether oxygens (including phenoxy) is 4. The van der Waals surface area contributed by atoms with Crippen LogP contribution in [0.4, 0.5) is 55.6 Å². The van der Waals surface area contributed by atoms with Crippen LogP contribution < -0.4 is 41.0 Å². The molecule has 21 nitrogen and oxygen atoms in total. The number of hydrogen-bond donors (Lipinski definition) is 4. The number of nitrogens with zero attached hydrogens (tertiary/aromatic N) is 10. The lowest BCUT2D eigenvalue weighted by atomic mass is 10.1. The van der Waals surface area contributed by atoms with E-state index >= 15 is 0 Å². The number of benzene rings is 4. The third kappa shape index (κ3) is 17.6. The number of carbonyl (C=O) groups is 3. The van der Waals surface area contributed by atoms with Crippen molar-refractivity contribution in [2.24, 2.45) is 14.1 Å². The summed E-state index contributed by atoms with van der Waals surface area (Å²) in [4.78, 5) is 62.4. The number of para-hydroxylation sites is 2. The number of rotatable bonds is 18. The van der Waals surface area contributed by atoms with Crippen molar-refractivity contribution in [1.82, 2.24) is 38.9 Å². The molecular weight excluding hydrogens is 1140 g/mol. The summed E-state index contributed by atoms with van der Waals surface area (Å²) in [6.07, 6.45) is 7.96. The molecule has 4 aromatic carbocycles. The van der Waals surface area contributed by atoms with Crippen LogP contribution in [0, 0.1) is 0 Å². The molecule has 5 N–H and O–H groups in total. The molecule has 8 rings (SSSR count). The van der Waals surface area contributed by atoms with E-state index in [2.05, 4.69) is 94.5 Å². The van der Waals surface area contributed by atoms with Gasteiger partial charge in [0.2, 0.25) is 17.8 Å². The highest BCUT2D eigenvalue weighted by Gasteiger charge is 2.24. The van der Waals surface area contributed by atoms with Crippen molar-refractivity contribution in [3.8, 4) is 34.0 Å². The van der Waals surface area contributed by atoms with Crippen LogP contribution in [0.5, 0.6) is 11.5 Å². The zero-order valence-electron chi connectivity index (χ0n) is 50.6. The fourth-order valence-corrected chi connectivity index (χ4v) is 8.79. The molecule has 0 bridgehead atoms. The minimum Gasteiger partial charge on any atom is -0.494 e. The molecule has 0 radical (unpaired) electrons. The van der Waals surface area contributed by atoms with Gasteiger partial charge in [-0.1, -0.05) is 43.0 Å². The first-order chi connectivity index (χ1) is 40.3. The van der Waals surface area contributed by atoms with Crippen LogP contribution in [0.2, 0.25) is 0 Å². The Labute approximate surface area is 511 Å². The number of hydrogen-bond acceptors (Lipinski definition) is 18. The number of aromatic nitrogens is 6. The first kappa shape index (κ1) is 65.3. The first-order valence-electron chi connectivity index (χ1n) is 26.9. The highest BCUT2D eigenvalue weighted by molar-refractivity contribution is 8.37. The van der Waals surface area contributed by atoms with E-state index in [1.54, 1.807) is 57.7 Å². The van der Waals surface area contributed by atoms with Gasteiger partial charge in [0, 0.05) is 171 Å². The second-order valence-electron chi connectivity index (χ2n) is 21.7. The number of fused-ring (bicyclic) bond motifs is 2. The smallest absolute Gasteiger partial charge is 0.410 e. The fourth-order valence-electron chi connectivity index (χ4n) is 8.79. The second-order valence-corrected chi connectivity index (χ2v) is 23.5. The summed E-state index contributed by atoms with van der Waals surface area (Å²) in [5.41, 5.74) is 14.9. The van der Waals surface area contributed by atoms with Crippen molar-refractivity contribution < 1.29 is 34.8 Å². The molecule has 0 saturated carbocycles. The average Bonchev–Trinajstić information content (AvgIpc) is 3.06. The van der Waals surface area contributed by atoms with E-state index < -0.39 is 17.3 Å². The van der Waals surface area contributed by atoms with Gasteiger partial charge in [-0.05, 0) is 84.0 Å². The molecule has 0 unspecified atom stereocenters. The molecule has 0 fully saturated rings. The molecule has 0 spiro atoms. The minimum atomic E-state index is -0.590. The fraction of sp³-hybridized carbons (Fsp3) is 0.328. The molecular formula is C61H78N14O7S3. The highest BCUT2D eigenvalue weighted by atomic mass is 33.1. The number of nitrogens with two attached hydrogens (primary N) is 1. The van der Waals surface area contributed by atoms with Crippen molar-refractivity contribution in [2.75, 3.05) is 100 Å². The second kappa shape index (κ2) is 29.1. The average molecular weight is 1220 g/mol. The van der Waals surface area contributed by atoms with Crippen LogP contribution in [-0.2, 0) is 59.6 Å². The zero-order chi connectivity index (χ0) is 62.3. The van der Waals surface area contributed by atoms with Crippen LogP contribution >= 0.6 is 0 Å². The van der Waals surface area contributed by atoms with Crippen molar-refractivity contribution in [3.05, 3.63) is 122 Å². The molecule has 0 aliphatic carbocycles. The Balaban J connectivity index is 0.000000298. The maximum absolute atomic E-state index is 12.4. The van der Waals surface area contributed by atoms with Gasteiger partial charge in [-0.3, -0.25) is 4.79 Å². The third-order valence-electron chi connectivity index (χ3n) is 13.0. The van der Waals surface area contributed by atoms with Crippen LogP contribution in [0.1, 0.15) is 43.0 Å². The predicted molar refractivity (Wildman–Crippen MR) is 352 cm³/mol. The van der Waals surface area contributed by atoms with Crippen LogP contribution in [0.15, 0.2) is 122 Å². The standard InChI is InChI=1S/C32H39N7O4.C29H37N7O3.S3.H2/c1-9-29(40)34-24-18-25(28(42-8)19-27(24)37(5)16-17-38(6)31(41)43-32(2,3)4)36-30-33-15-14-23(35-30)22-20-39(7)26-13-11-10-12-21(22)26;1-29(2,3)39-28(37)35(5)15-14-34(4)25-17-26(38-7)23(16-21(25)30)33-27-31-13-12-22(32-27)20-18-36(6)24-11-9-8-10-19(20)24;1-3-2;/h9-15,18-20H,1,16-17H2,2-8H3,(H,34,40)(H,33,35,36);8-13,16-18H,14-15,30H2,1-7H3,(H,31,32,33);;1H/i;;;1+2. The normalized spacial score (nSPS) is 11.0. The Kier molecular flexibility index (Phi) is 22.3. The summed E-state index contributed by atoms with van der Waals surface area (Å²) in [6, 6.07) is 27.4. The molecule has 0 aliphatic heterocycles. The molecule has 0 saturated heterocycles. The third-order valence-corrected chi connectivity index (χ3v) is 13.0. The van der Waals surface area contributed by atoms with E-state index in [4.69, 9.17) is 34.6 Å². The number of likely N-dealkylation sites (N-methyl/N-ethyl adjacent to an activating group) is 4. The Morgan fingerprint density at radius 2 is 1.06 bits per heavy atom. The highest BCUT2D eigenvalue weighted by Crippen LogP contribution is 2.40. The minimum absolute atomic E-state index is 0. The van der Waals surface area contributed by atoms with Crippen LogP contribution in [0.3, 0.4) is 0 Å². The molecule has 3 amide bonds. The van der Waals surface area contributed by atoms with Gasteiger partial charge >= 0.3 is 12.2 Å². The van der Waals surface area contributed by atoms with E-state index in [1.807, 2.05) is 134 Å². The maximum atomic E-state index is 12.4. The van der Waals surface area contributed by atoms with Crippen molar-refractivity contribution in [3.63, 3.8) is 0 Å². The molecule has 0 aliphatic rings. The Hall–Kier alpha value is -8.87. The van der Waals surface area contributed by atoms with Crippen molar-refractivity contribution in [2.45, 2.75) is 52.7 Å². The number of nitrogen functional groups attached to an aromatic ring is 1. The van der Waals surface area contributed by atoms with Gasteiger partial charge in [0.05, 0.1) is 59.7 Å². The lowest BCUT2D eigenvalue weighted by Crippen LogP contribution is -2.38. The molecule has 452 valence electrons. The van der Waals surface area contributed by atoms with E-state index in [0.717, 1.165) is 58.9 Å². The molecule has 8 aromatic rings. The quantitative estimate of drug-likeness (QED) is 0.0463. The Bertz CT molecular complexity index is 3710. The number of aryl methyl sites for hydroxylation is 2. The summed E-state index contributed by atoms with van der Waals surface area (Å²) in [5.74, 6) is 1.53. The number of nitrogens with one attached hydrogen (secondary N) is 3. The summed E-state index contributed by atoms with van der Waals surface area (Å²) in [6.45, 7) is 16.4. The maximum Gasteiger partial charge on any atom is 0.410 e. The van der Waals surface area contributed by atoms with Crippen LogP contribution in [-0.4, -0.2) is 137 Å². The van der Waals surface area contributed by atoms with E-state index in [0.29, 0.717) is 78.0 Å². The van der Waals surface area contributed by atoms with Gasteiger partial charge in [-0.25, -0.2) is 29.5 Å². The SMILES string of the molecule is C=CC(=O)Nc1cc(Nc2nccc(-c3cn(C)c4ccccc34)n2)c(OC)cc1N(C)CCN(C)C(=O)OC(C)(C)C.COc1cc(N(C)CCN(C)C(=O)OC(C)(C)C)c(N)cc1Nc1nccc(-c2cn(C)c3ccccc23)n1.S=S=S.[3HH]. The molecule has 4 aromatic heterocycles. The molecule has 24 heteroatoms. The molecule has 0 atom stereocenters. The number of amides is 3. The number of methoxy groups -OCH3 is 2. The van der Waals surface area contributed by atoms with Gasteiger partial charge in [0.15, 0.2) is 0 Å².